The molecule has 0 aliphatic carbocycles. The molecule has 0 aromatic heterocycles. The lowest BCUT2D eigenvalue weighted by molar-refractivity contribution is -0.136. The van der Waals surface area contributed by atoms with E-state index in [9.17, 15) is 13.2 Å². The first kappa shape index (κ1) is 12.6. The Hall–Kier alpha value is -1.43. The summed E-state index contributed by atoms with van der Waals surface area (Å²) in [6, 6.07) is 2.50. The molecule has 0 radical (unpaired) electrons. The molecule has 0 unspecified atom stereocenters. The molecule has 0 heterocycles. The van der Waals surface area contributed by atoms with E-state index in [1.54, 1.807) is 19.0 Å². The van der Waals surface area contributed by atoms with Gasteiger partial charge >= 0.3 is 6.18 Å². The molecule has 0 saturated carbocycles. The zero-order valence-electron chi connectivity index (χ0n) is 9.10. The molecule has 0 aliphatic heterocycles. The van der Waals surface area contributed by atoms with Gasteiger partial charge in [0.05, 0.1) is 16.9 Å². The van der Waals surface area contributed by atoms with Crippen LogP contribution in [0.15, 0.2) is 12.1 Å². The Morgan fingerprint density at radius 3 is 2.19 bits per heavy atom. The third-order valence-electron chi connectivity index (χ3n) is 2.08. The topological polar surface area (TPSA) is 55.3 Å². The fourth-order valence-electron chi connectivity index (χ4n) is 1.43. The van der Waals surface area contributed by atoms with Gasteiger partial charge in [-0.15, -0.1) is 0 Å². The van der Waals surface area contributed by atoms with Crippen LogP contribution in [0.5, 0.6) is 0 Å². The Balaban J connectivity index is 3.23. The second-order valence-corrected chi connectivity index (χ2v) is 3.88. The first-order valence-electron chi connectivity index (χ1n) is 4.61. The Kier molecular flexibility index (Phi) is 3.32. The molecule has 4 N–H and O–H groups in total. The summed E-state index contributed by atoms with van der Waals surface area (Å²) in [7, 11) is 3.53. The molecule has 0 bridgehead atoms. The Bertz CT molecular complexity index is 386. The fraction of sp³-hybridized carbons (Fsp3) is 0.400. The van der Waals surface area contributed by atoms with E-state index in [4.69, 9.17) is 11.5 Å². The summed E-state index contributed by atoms with van der Waals surface area (Å²) in [5.74, 6) is 0. The minimum absolute atomic E-state index is 0.0355. The van der Waals surface area contributed by atoms with Crippen molar-refractivity contribution in [3.8, 4) is 0 Å². The number of hydrogen-bond donors (Lipinski definition) is 2. The lowest BCUT2D eigenvalue weighted by atomic mass is 10.1. The summed E-state index contributed by atoms with van der Waals surface area (Å²) in [5.41, 5.74) is 9.94. The number of hydrogen-bond acceptors (Lipinski definition) is 3. The summed E-state index contributed by atoms with van der Waals surface area (Å²) in [6.45, 7) is 0.382. The van der Waals surface area contributed by atoms with E-state index < -0.39 is 17.4 Å². The van der Waals surface area contributed by atoms with E-state index in [1.165, 1.54) is 6.07 Å². The minimum Gasteiger partial charge on any atom is -0.397 e. The van der Waals surface area contributed by atoms with E-state index in [0.717, 1.165) is 6.07 Å². The predicted octanol–water partition coefficient (Wildman–Crippen LogP) is 1.93. The smallest absolute Gasteiger partial charge is 0.397 e. The highest BCUT2D eigenvalue weighted by atomic mass is 19.4. The van der Waals surface area contributed by atoms with Crippen molar-refractivity contribution in [3.63, 3.8) is 0 Å². The number of rotatable bonds is 2. The lowest BCUT2D eigenvalue weighted by Crippen LogP contribution is -2.15. The number of nitrogens with two attached hydrogens (primary N) is 2. The molecule has 0 fully saturated rings. The summed E-state index contributed by atoms with van der Waals surface area (Å²) in [6.07, 6.45) is -4.47. The second-order valence-electron chi connectivity index (χ2n) is 3.88. The summed E-state index contributed by atoms with van der Waals surface area (Å²) in [4.78, 5) is 1.76. The number of nitrogen functional groups attached to an aromatic ring is 2. The molecule has 0 amide bonds. The first-order valence-corrected chi connectivity index (χ1v) is 4.61. The second kappa shape index (κ2) is 4.21. The quantitative estimate of drug-likeness (QED) is 0.767. The molecule has 3 nitrogen and oxygen atoms in total. The normalized spacial score (nSPS) is 12.1. The highest BCUT2D eigenvalue weighted by Gasteiger charge is 2.34. The van der Waals surface area contributed by atoms with Crippen LogP contribution in [0.4, 0.5) is 24.5 Å². The Labute approximate surface area is 91.8 Å². The van der Waals surface area contributed by atoms with Crippen LogP contribution in [-0.4, -0.2) is 19.0 Å². The van der Waals surface area contributed by atoms with Gasteiger partial charge in [-0.3, -0.25) is 0 Å². The third-order valence-corrected chi connectivity index (χ3v) is 2.08. The zero-order valence-corrected chi connectivity index (χ0v) is 9.10. The van der Waals surface area contributed by atoms with Gasteiger partial charge in [0.25, 0.3) is 0 Å². The van der Waals surface area contributed by atoms with Gasteiger partial charge in [0.1, 0.15) is 0 Å². The average Bonchev–Trinajstić information content (AvgIpc) is 2.08. The Morgan fingerprint density at radius 2 is 1.75 bits per heavy atom. The first-order chi connectivity index (χ1) is 7.21. The number of nitrogens with zero attached hydrogens (tertiary/aromatic N) is 1. The SMILES string of the molecule is CN(C)Cc1cc(N)c(N)c(C(F)(F)F)c1. The molecule has 0 spiro atoms. The zero-order chi connectivity index (χ0) is 12.5. The number of halogens is 3. The molecule has 0 aliphatic rings. The van der Waals surface area contributed by atoms with Gasteiger partial charge in [-0.1, -0.05) is 0 Å². The Morgan fingerprint density at radius 1 is 1.19 bits per heavy atom. The van der Waals surface area contributed by atoms with Crippen molar-refractivity contribution in [1.29, 1.82) is 0 Å². The molecular formula is C10H14F3N3. The number of anilines is 2. The van der Waals surface area contributed by atoms with Gasteiger partial charge < -0.3 is 16.4 Å². The van der Waals surface area contributed by atoms with Crippen molar-refractivity contribution in [2.45, 2.75) is 12.7 Å². The fourth-order valence-corrected chi connectivity index (χ4v) is 1.43. The minimum atomic E-state index is -4.47. The van der Waals surface area contributed by atoms with Crippen LogP contribution in [0.25, 0.3) is 0 Å². The molecular weight excluding hydrogens is 219 g/mol. The average molecular weight is 233 g/mol. The van der Waals surface area contributed by atoms with Crippen molar-refractivity contribution in [2.24, 2.45) is 0 Å². The van der Waals surface area contributed by atoms with Crippen LogP contribution in [-0.2, 0) is 12.7 Å². The van der Waals surface area contributed by atoms with Crippen LogP contribution < -0.4 is 11.5 Å². The van der Waals surface area contributed by atoms with Gasteiger partial charge in [0.2, 0.25) is 0 Å². The van der Waals surface area contributed by atoms with Gasteiger partial charge in [-0.2, -0.15) is 13.2 Å². The van der Waals surface area contributed by atoms with Crippen molar-refractivity contribution in [3.05, 3.63) is 23.3 Å². The molecule has 16 heavy (non-hydrogen) atoms. The van der Waals surface area contributed by atoms with Gasteiger partial charge in [-0.05, 0) is 31.8 Å². The molecule has 90 valence electrons. The predicted molar refractivity (Wildman–Crippen MR) is 57.7 cm³/mol. The number of alkyl halides is 3. The van der Waals surface area contributed by atoms with E-state index in [-0.39, 0.29) is 5.69 Å². The molecule has 6 heteroatoms. The monoisotopic (exact) mass is 233 g/mol. The van der Waals surface area contributed by atoms with Crippen LogP contribution in [0.1, 0.15) is 11.1 Å². The summed E-state index contributed by atoms with van der Waals surface area (Å²) < 4.78 is 37.8. The van der Waals surface area contributed by atoms with Crippen LogP contribution in [0.3, 0.4) is 0 Å². The maximum atomic E-state index is 12.6. The third kappa shape index (κ3) is 2.79. The summed E-state index contributed by atoms with van der Waals surface area (Å²) in [5, 5.41) is 0. The van der Waals surface area contributed by atoms with E-state index >= 15 is 0 Å². The molecule has 0 atom stereocenters. The number of benzene rings is 1. The van der Waals surface area contributed by atoms with Crippen molar-refractivity contribution < 1.29 is 13.2 Å². The largest absolute Gasteiger partial charge is 0.418 e. The highest BCUT2D eigenvalue weighted by Crippen LogP contribution is 2.37. The van der Waals surface area contributed by atoms with Crippen LogP contribution >= 0.6 is 0 Å². The maximum absolute atomic E-state index is 12.6. The lowest BCUT2D eigenvalue weighted by Gasteiger charge is -2.16. The van der Waals surface area contributed by atoms with Gasteiger partial charge in [-0.25, -0.2) is 0 Å². The summed E-state index contributed by atoms with van der Waals surface area (Å²) >= 11 is 0. The van der Waals surface area contributed by atoms with Crippen LogP contribution in [0.2, 0.25) is 0 Å². The van der Waals surface area contributed by atoms with E-state index in [0.29, 0.717) is 12.1 Å². The van der Waals surface area contributed by atoms with Crippen LogP contribution in [0, 0.1) is 0 Å². The van der Waals surface area contributed by atoms with E-state index in [1.807, 2.05) is 0 Å². The van der Waals surface area contributed by atoms with Crippen molar-refractivity contribution >= 4 is 11.4 Å². The van der Waals surface area contributed by atoms with Crippen molar-refractivity contribution in [1.82, 2.24) is 4.90 Å². The van der Waals surface area contributed by atoms with E-state index in [2.05, 4.69) is 0 Å². The standard InChI is InChI=1S/C10H14F3N3/c1-16(2)5-6-3-7(10(11,12)13)9(15)8(14)4-6/h3-4H,5,14-15H2,1-2H3. The van der Waals surface area contributed by atoms with Gasteiger partial charge in [0, 0.05) is 6.54 Å². The van der Waals surface area contributed by atoms with Gasteiger partial charge in [0.15, 0.2) is 0 Å². The highest BCUT2D eigenvalue weighted by molar-refractivity contribution is 5.69. The molecule has 1 aromatic rings. The van der Waals surface area contributed by atoms with Crippen molar-refractivity contribution in [2.75, 3.05) is 25.6 Å². The molecule has 0 saturated heterocycles. The molecule has 1 rings (SSSR count). The maximum Gasteiger partial charge on any atom is 0.418 e. The molecule has 1 aromatic carbocycles.